The van der Waals surface area contributed by atoms with E-state index in [9.17, 15) is 9.59 Å². The number of hydrogen-bond acceptors (Lipinski definition) is 3. The molecular formula is C13H18ClN3O2. The van der Waals surface area contributed by atoms with Gasteiger partial charge in [-0.3, -0.25) is 9.59 Å². The molecule has 1 saturated heterocycles. The van der Waals surface area contributed by atoms with Crippen LogP contribution in [0.1, 0.15) is 23.2 Å². The first-order valence-corrected chi connectivity index (χ1v) is 6.01. The van der Waals surface area contributed by atoms with Crippen molar-refractivity contribution in [3.05, 3.63) is 29.8 Å². The van der Waals surface area contributed by atoms with Crippen LogP contribution in [-0.4, -0.2) is 36.3 Å². The molecule has 0 saturated carbocycles. The number of halogens is 1. The van der Waals surface area contributed by atoms with Crippen LogP contribution in [0.15, 0.2) is 24.3 Å². The van der Waals surface area contributed by atoms with Crippen LogP contribution in [0.2, 0.25) is 0 Å². The van der Waals surface area contributed by atoms with Crippen LogP contribution in [0.5, 0.6) is 0 Å². The maximum atomic E-state index is 12.3. The molecule has 3 N–H and O–H groups in total. The van der Waals surface area contributed by atoms with Gasteiger partial charge in [0.1, 0.15) is 6.04 Å². The molecule has 2 rings (SSSR count). The minimum Gasteiger partial charge on any atom is -0.399 e. The Morgan fingerprint density at radius 1 is 1.42 bits per heavy atom. The van der Waals surface area contributed by atoms with Crippen molar-refractivity contribution in [2.24, 2.45) is 0 Å². The molecule has 6 heteroatoms. The Morgan fingerprint density at radius 3 is 2.79 bits per heavy atom. The summed E-state index contributed by atoms with van der Waals surface area (Å²) in [6.07, 6.45) is 1.57. The number of amides is 2. The molecule has 1 aliphatic heterocycles. The van der Waals surface area contributed by atoms with Gasteiger partial charge in [-0.15, -0.1) is 12.4 Å². The predicted octanol–water partition coefficient (Wildman–Crippen LogP) is 1.04. The normalized spacial score (nSPS) is 17.7. The topological polar surface area (TPSA) is 75.4 Å². The smallest absolute Gasteiger partial charge is 0.254 e. The van der Waals surface area contributed by atoms with E-state index in [0.29, 0.717) is 24.2 Å². The molecule has 1 unspecified atom stereocenters. The van der Waals surface area contributed by atoms with Crippen LogP contribution in [0.3, 0.4) is 0 Å². The quantitative estimate of drug-likeness (QED) is 0.797. The number of nitrogens with two attached hydrogens (primary N) is 1. The lowest BCUT2D eigenvalue weighted by Gasteiger charge is -2.23. The van der Waals surface area contributed by atoms with E-state index in [4.69, 9.17) is 5.73 Å². The number of hydrogen-bond donors (Lipinski definition) is 2. The van der Waals surface area contributed by atoms with Crippen LogP contribution in [0.25, 0.3) is 0 Å². The summed E-state index contributed by atoms with van der Waals surface area (Å²) in [5.74, 6) is -0.238. The average Bonchev–Trinajstić information content (AvgIpc) is 2.86. The number of carbonyl (C=O) groups excluding carboxylic acids is 2. The fraction of sp³-hybridized carbons (Fsp3) is 0.385. The third-order valence-corrected chi connectivity index (χ3v) is 3.20. The second kappa shape index (κ2) is 6.43. The van der Waals surface area contributed by atoms with Gasteiger partial charge in [0.05, 0.1) is 0 Å². The molecule has 2 amide bonds. The van der Waals surface area contributed by atoms with Gasteiger partial charge in [-0.05, 0) is 31.0 Å². The first kappa shape index (κ1) is 15.3. The summed E-state index contributed by atoms with van der Waals surface area (Å²) < 4.78 is 0. The molecule has 1 heterocycles. The zero-order valence-electron chi connectivity index (χ0n) is 10.8. The van der Waals surface area contributed by atoms with Crippen molar-refractivity contribution in [2.45, 2.75) is 18.9 Å². The largest absolute Gasteiger partial charge is 0.399 e. The fourth-order valence-corrected chi connectivity index (χ4v) is 2.29. The lowest BCUT2D eigenvalue weighted by molar-refractivity contribution is -0.124. The summed E-state index contributed by atoms with van der Waals surface area (Å²) >= 11 is 0. The Morgan fingerprint density at radius 2 is 2.16 bits per heavy atom. The number of likely N-dealkylation sites (N-methyl/N-ethyl adjacent to an activating group) is 1. The van der Waals surface area contributed by atoms with Gasteiger partial charge in [0.15, 0.2) is 0 Å². The molecule has 0 spiro atoms. The second-order valence-corrected chi connectivity index (χ2v) is 4.40. The molecule has 1 aromatic carbocycles. The number of nitrogen functional groups attached to an aromatic ring is 1. The number of likely N-dealkylation sites (tertiary alicyclic amines) is 1. The van der Waals surface area contributed by atoms with Crippen molar-refractivity contribution in [1.29, 1.82) is 0 Å². The first-order chi connectivity index (χ1) is 8.63. The van der Waals surface area contributed by atoms with Crippen molar-refractivity contribution in [3.63, 3.8) is 0 Å². The lowest BCUT2D eigenvalue weighted by atomic mass is 10.1. The van der Waals surface area contributed by atoms with Crippen LogP contribution in [0.4, 0.5) is 5.69 Å². The zero-order valence-corrected chi connectivity index (χ0v) is 11.6. The Labute approximate surface area is 118 Å². The summed E-state index contributed by atoms with van der Waals surface area (Å²) in [5, 5.41) is 2.60. The molecule has 0 radical (unpaired) electrons. The number of benzene rings is 1. The summed E-state index contributed by atoms with van der Waals surface area (Å²) in [5.41, 5.74) is 6.75. The molecule has 5 nitrogen and oxygen atoms in total. The van der Waals surface area contributed by atoms with Gasteiger partial charge < -0.3 is 16.0 Å². The summed E-state index contributed by atoms with van der Waals surface area (Å²) in [6.45, 7) is 0.617. The van der Waals surface area contributed by atoms with Gasteiger partial charge in [-0.1, -0.05) is 6.07 Å². The van der Waals surface area contributed by atoms with Crippen LogP contribution >= 0.6 is 12.4 Å². The van der Waals surface area contributed by atoms with Crippen molar-refractivity contribution in [1.82, 2.24) is 10.2 Å². The predicted molar refractivity (Wildman–Crippen MR) is 76.2 cm³/mol. The number of nitrogens with one attached hydrogen (secondary N) is 1. The third-order valence-electron chi connectivity index (χ3n) is 3.20. The Hall–Kier alpha value is -1.75. The van der Waals surface area contributed by atoms with Crippen molar-refractivity contribution >= 4 is 29.9 Å². The fourth-order valence-electron chi connectivity index (χ4n) is 2.29. The van der Waals surface area contributed by atoms with E-state index in [1.807, 2.05) is 0 Å². The van der Waals surface area contributed by atoms with E-state index < -0.39 is 0 Å². The molecule has 1 fully saturated rings. The molecule has 0 aromatic heterocycles. The van der Waals surface area contributed by atoms with Crippen LogP contribution in [-0.2, 0) is 4.79 Å². The summed E-state index contributed by atoms with van der Waals surface area (Å²) in [7, 11) is 1.59. The highest BCUT2D eigenvalue weighted by molar-refractivity contribution is 5.98. The van der Waals surface area contributed by atoms with E-state index >= 15 is 0 Å². The Kier molecular flexibility index (Phi) is 5.18. The van der Waals surface area contributed by atoms with Gasteiger partial charge in [-0.25, -0.2) is 0 Å². The molecule has 1 atom stereocenters. The van der Waals surface area contributed by atoms with E-state index in [1.54, 1.807) is 36.2 Å². The molecule has 1 aromatic rings. The molecular weight excluding hydrogens is 266 g/mol. The number of carbonyl (C=O) groups is 2. The van der Waals surface area contributed by atoms with E-state index in [2.05, 4.69) is 5.32 Å². The summed E-state index contributed by atoms with van der Waals surface area (Å²) in [4.78, 5) is 25.6. The highest BCUT2D eigenvalue weighted by Gasteiger charge is 2.33. The minimum absolute atomic E-state index is 0. The molecule has 0 aliphatic carbocycles. The number of rotatable bonds is 2. The molecule has 19 heavy (non-hydrogen) atoms. The Balaban J connectivity index is 0.00000180. The SMILES string of the molecule is CNC(=O)C1CCCN1C(=O)c1cccc(N)c1.Cl. The van der Waals surface area contributed by atoms with E-state index in [0.717, 1.165) is 6.42 Å². The average molecular weight is 284 g/mol. The monoisotopic (exact) mass is 283 g/mol. The third kappa shape index (κ3) is 3.17. The van der Waals surface area contributed by atoms with Gasteiger partial charge in [-0.2, -0.15) is 0 Å². The highest BCUT2D eigenvalue weighted by Crippen LogP contribution is 2.21. The van der Waals surface area contributed by atoms with Gasteiger partial charge in [0, 0.05) is 24.8 Å². The zero-order chi connectivity index (χ0) is 13.1. The first-order valence-electron chi connectivity index (χ1n) is 6.01. The molecule has 1 aliphatic rings. The lowest BCUT2D eigenvalue weighted by Crippen LogP contribution is -2.44. The van der Waals surface area contributed by atoms with Gasteiger partial charge in [0.2, 0.25) is 5.91 Å². The van der Waals surface area contributed by atoms with E-state index in [-0.39, 0.29) is 30.3 Å². The maximum Gasteiger partial charge on any atom is 0.254 e. The van der Waals surface area contributed by atoms with Crippen molar-refractivity contribution < 1.29 is 9.59 Å². The van der Waals surface area contributed by atoms with Gasteiger partial charge in [0.25, 0.3) is 5.91 Å². The summed E-state index contributed by atoms with van der Waals surface area (Å²) in [6, 6.07) is 6.48. The van der Waals surface area contributed by atoms with Crippen molar-refractivity contribution in [3.8, 4) is 0 Å². The molecule has 0 bridgehead atoms. The van der Waals surface area contributed by atoms with Crippen molar-refractivity contribution in [2.75, 3.05) is 19.3 Å². The van der Waals surface area contributed by atoms with E-state index in [1.165, 1.54) is 0 Å². The number of anilines is 1. The second-order valence-electron chi connectivity index (χ2n) is 4.40. The number of nitrogens with zero attached hydrogens (tertiary/aromatic N) is 1. The highest BCUT2D eigenvalue weighted by atomic mass is 35.5. The maximum absolute atomic E-state index is 12.3. The van der Waals surface area contributed by atoms with Crippen LogP contribution in [0, 0.1) is 0 Å². The van der Waals surface area contributed by atoms with Gasteiger partial charge >= 0.3 is 0 Å². The van der Waals surface area contributed by atoms with Crippen LogP contribution < -0.4 is 11.1 Å². The molecule has 104 valence electrons. The Bertz CT molecular complexity index is 479. The minimum atomic E-state index is -0.357. The standard InChI is InChI=1S/C13H17N3O2.ClH/c1-15-12(17)11-6-3-7-16(11)13(18)9-4-2-5-10(14)8-9;/h2,4-5,8,11H,3,6-7,14H2,1H3,(H,15,17);1H.